The molecule has 0 fully saturated rings. The predicted molar refractivity (Wildman–Crippen MR) is 117 cm³/mol. The molecule has 0 amide bonds. The minimum atomic E-state index is -2.54. The second-order valence-corrected chi connectivity index (χ2v) is 9.73. The molecule has 0 aliphatic heterocycles. The number of ether oxygens (including phenoxy) is 1. The number of nitrogens with zero attached hydrogens (tertiary/aromatic N) is 1. The lowest BCUT2D eigenvalue weighted by Gasteiger charge is -2.23. The van der Waals surface area contributed by atoms with Gasteiger partial charge in [0.25, 0.3) is 0 Å². The third kappa shape index (κ3) is 8.84. The van der Waals surface area contributed by atoms with E-state index in [2.05, 4.69) is 15.1 Å². The van der Waals surface area contributed by atoms with Gasteiger partial charge in [0.1, 0.15) is 12.0 Å². The Labute approximate surface area is 169 Å². The molecule has 0 bridgehead atoms. The SMILES string of the molecule is CCNP(=O)(CCN(C)CCc1cc(OCC(C)CN)ccc1C=O)NCC. The van der Waals surface area contributed by atoms with E-state index in [1.165, 1.54) is 0 Å². The maximum absolute atomic E-state index is 12.8. The standard InChI is InChI=1S/C20H37N4O3P/c1-5-22-28(26,23-6-2)12-11-24(4)10-9-18-13-20(8-7-19(18)15-25)27-16-17(3)14-21/h7-8,13,15,17H,5-6,9-12,14,16,21H2,1-4H3,(H2,22,23,26). The molecule has 1 unspecified atom stereocenters. The highest BCUT2D eigenvalue weighted by molar-refractivity contribution is 7.59. The minimum absolute atomic E-state index is 0.282. The van der Waals surface area contributed by atoms with Gasteiger partial charge in [-0.25, -0.2) is 0 Å². The summed E-state index contributed by atoms with van der Waals surface area (Å²) in [5.74, 6) is 1.04. The van der Waals surface area contributed by atoms with E-state index in [1.54, 1.807) is 6.07 Å². The second kappa shape index (κ2) is 13.1. The number of nitrogens with one attached hydrogen (secondary N) is 2. The molecule has 8 heteroatoms. The molecule has 4 N–H and O–H groups in total. The number of rotatable bonds is 15. The zero-order valence-corrected chi connectivity index (χ0v) is 18.6. The van der Waals surface area contributed by atoms with Crippen molar-refractivity contribution in [2.75, 3.05) is 52.5 Å². The number of aldehydes is 1. The highest BCUT2D eigenvalue weighted by Gasteiger charge is 2.19. The Morgan fingerprint density at radius 2 is 1.93 bits per heavy atom. The van der Waals surface area contributed by atoms with Crippen LogP contribution in [0.4, 0.5) is 0 Å². The van der Waals surface area contributed by atoms with Crippen molar-refractivity contribution in [1.82, 2.24) is 15.1 Å². The number of nitrogens with two attached hydrogens (primary N) is 1. The van der Waals surface area contributed by atoms with Crippen LogP contribution in [0.2, 0.25) is 0 Å². The van der Waals surface area contributed by atoms with Crippen LogP contribution in [-0.2, 0) is 11.0 Å². The van der Waals surface area contributed by atoms with Gasteiger partial charge in [-0.05, 0) is 56.9 Å². The smallest absolute Gasteiger partial charge is 0.212 e. The highest BCUT2D eigenvalue weighted by atomic mass is 31.2. The van der Waals surface area contributed by atoms with E-state index in [-0.39, 0.29) is 5.92 Å². The van der Waals surface area contributed by atoms with Crippen molar-refractivity contribution < 1.29 is 14.1 Å². The zero-order chi connectivity index (χ0) is 21.0. The number of benzene rings is 1. The molecule has 7 nitrogen and oxygen atoms in total. The molecular formula is C20H37N4O3P. The third-order valence-electron chi connectivity index (χ3n) is 4.56. The van der Waals surface area contributed by atoms with Crippen molar-refractivity contribution >= 4 is 13.7 Å². The number of hydrogen-bond donors (Lipinski definition) is 3. The van der Waals surface area contributed by atoms with Crippen LogP contribution in [0.5, 0.6) is 5.75 Å². The topological polar surface area (TPSA) is 96.7 Å². The molecule has 0 aliphatic carbocycles. The fraction of sp³-hybridized carbons (Fsp3) is 0.650. The van der Waals surface area contributed by atoms with Crippen LogP contribution < -0.4 is 20.6 Å². The average Bonchev–Trinajstić information content (AvgIpc) is 2.69. The Kier molecular flexibility index (Phi) is 11.6. The number of carbonyl (C=O) groups excluding carboxylic acids is 1. The molecule has 1 rings (SSSR count). The van der Waals surface area contributed by atoms with Crippen molar-refractivity contribution in [3.8, 4) is 5.75 Å². The summed E-state index contributed by atoms with van der Waals surface area (Å²) in [7, 11) is -0.536. The van der Waals surface area contributed by atoms with Gasteiger partial charge < -0.3 is 15.4 Å². The Morgan fingerprint density at radius 3 is 2.50 bits per heavy atom. The first kappa shape index (κ1) is 24.8. The summed E-state index contributed by atoms with van der Waals surface area (Å²) >= 11 is 0. The minimum Gasteiger partial charge on any atom is -0.493 e. The van der Waals surface area contributed by atoms with Crippen LogP contribution in [-0.4, -0.2) is 63.7 Å². The molecule has 0 spiro atoms. The number of hydrogen-bond acceptors (Lipinski definition) is 5. The van der Waals surface area contributed by atoms with E-state index in [0.717, 1.165) is 30.6 Å². The fourth-order valence-corrected chi connectivity index (χ4v) is 4.84. The normalized spacial score (nSPS) is 12.9. The van der Waals surface area contributed by atoms with E-state index in [4.69, 9.17) is 10.5 Å². The molecule has 1 aromatic carbocycles. The molecule has 0 saturated carbocycles. The van der Waals surface area contributed by atoms with E-state index >= 15 is 0 Å². The third-order valence-corrected chi connectivity index (χ3v) is 7.05. The van der Waals surface area contributed by atoms with Gasteiger partial charge in [-0.3, -0.25) is 19.5 Å². The molecule has 0 heterocycles. The molecule has 1 aromatic rings. The lowest BCUT2D eigenvalue weighted by Crippen LogP contribution is -2.31. The van der Waals surface area contributed by atoms with Crippen LogP contribution in [0.1, 0.15) is 36.7 Å². The van der Waals surface area contributed by atoms with E-state index < -0.39 is 7.44 Å². The fourth-order valence-electron chi connectivity index (χ4n) is 2.77. The van der Waals surface area contributed by atoms with Gasteiger partial charge in [0, 0.05) is 30.7 Å². The molecule has 0 aliphatic rings. The van der Waals surface area contributed by atoms with Crippen LogP contribution in [0, 0.1) is 5.92 Å². The average molecular weight is 413 g/mol. The molecular weight excluding hydrogens is 375 g/mol. The van der Waals surface area contributed by atoms with Crippen molar-refractivity contribution in [1.29, 1.82) is 0 Å². The van der Waals surface area contributed by atoms with Crippen LogP contribution in [0.3, 0.4) is 0 Å². The van der Waals surface area contributed by atoms with E-state index in [1.807, 2.05) is 40.0 Å². The number of likely N-dealkylation sites (N-methyl/N-ethyl adjacent to an activating group) is 1. The molecule has 0 radical (unpaired) electrons. The molecule has 160 valence electrons. The summed E-state index contributed by atoms with van der Waals surface area (Å²) < 4.78 is 18.6. The Hall–Kier alpha value is -1.24. The lowest BCUT2D eigenvalue weighted by molar-refractivity contribution is 0.112. The Bertz CT molecular complexity index is 632. The van der Waals surface area contributed by atoms with E-state index in [0.29, 0.717) is 44.5 Å². The summed E-state index contributed by atoms with van der Waals surface area (Å²) in [6.45, 7) is 9.90. The maximum Gasteiger partial charge on any atom is 0.212 e. The maximum atomic E-state index is 12.8. The van der Waals surface area contributed by atoms with E-state index in [9.17, 15) is 9.36 Å². The van der Waals surface area contributed by atoms with Crippen molar-refractivity contribution in [3.63, 3.8) is 0 Å². The summed E-state index contributed by atoms with van der Waals surface area (Å²) in [5.41, 5.74) is 7.27. The quantitative estimate of drug-likeness (QED) is 0.301. The molecule has 0 aromatic heterocycles. The van der Waals surface area contributed by atoms with Gasteiger partial charge in [-0.15, -0.1) is 0 Å². The predicted octanol–water partition coefficient (Wildman–Crippen LogP) is 2.36. The first-order chi connectivity index (χ1) is 13.4. The second-order valence-electron chi connectivity index (χ2n) is 7.17. The molecule has 28 heavy (non-hydrogen) atoms. The first-order valence-corrected chi connectivity index (χ1v) is 11.9. The molecule has 0 saturated heterocycles. The van der Waals surface area contributed by atoms with Gasteiger partial charge >= 0.3 is 0 Å². The number of carbonyl (C=O) groups is 1. The van der Waals surface area contributed by atoms with Gasteiger partial charge in [-0.2, -0.15) is 0 Å². The highest BCUT2D eigenvalue weighted by Crippen LogP contribution is 2.34. The van der Waals surface area contributed by atoms with Gasteiger partial charge in [0.05, 0.1) is 6.61 Å². The van der Waals surface area contributed by atoms with Crippen LogP contribution in [0.25, 0.3) is 0 Å². The van der Waals surface area contributed by atoms with Crippen LogP contribution >= 0.6 is 7.44 Å². The summed E-state index contributed by atoms with van der Waals surface area (Å²) in [4.78, 5) is 13.5. The lowest BCUT2D eigenvalue weighted by atomic mass is 10.0. The van der Waals surface area contributed by atoms with Gasteiger partial charge in [0.2, 0.25) is 7.44 Å². The summed E-state index contributed by atoms with van der Waals surface area (Å²) in [5, 5.41) is 6.18. The summed E-state index contributed by atoms with van der Waals surface area (Å²) in [6, 6.07) is 5.56. The first-order valence-electron chi connectivity index (χ1n) is 10.1. The largest absolute Gasteiger partial charge is 0.493 e. The van der Waals surface area contributed by atoms with Crippen LogP contribution in [0.15, 0.2) is 18.2 Å². The van der Waals surface area contributed by atoms with Crippen molar-refractivity contribution in [2.24, 2.45) is 11.7 Å². The Balaban J connectivity index is 2.64. The van der Waals surface area contributed by atoms with Crippen molar-refractivity contribution in [3.05, 3.63) is 29.3 Å². The zero-order valence-electron chi connectivity index (χ0n) is 17.7. The Morgan fingerprint density at radius 1 is 1.25 bits per heavy atom. The van der Waals surface area contributed by atoms with Gasteiger partial charge in [-0.1, -0.05) is 20.8 Å². The van der Waals surface area contributed by atoms with Gasteiger partial charge in [0.15, 0.2) is 0 Å². The summed E-state index contributed by atoms with van der Waals surface area (Å²) in [6.07, 6.45) is 2.17. The monoisotopic (exact) mass is 412 g/mol. The molecule has 1 atom stereocenters. The van der Waals surface area contributed by atoms with Crippen molar-refractivity contribution in [2.45, 2.75) is 27.2 Å².